The van der Waals surface area contributed by atoms with Crippen molar-refractivity contribution in [3.05, 3.63) is 40.9 Å². The number of halogens is 1. The average Bonchev–Trinajstić information content (AvgIpc) is 2.84. The second-order valence-corrected chi connectivity index (χ2v) is 7.56. The van der Waals surface area contributed by atoms with Gasteiger partial charge in [0.1, 0.15) is 0 Å². The van der Waals surface area contributed by atoms with Crippen molar-refractivity contribution >= 4 is 11.6 Å². The normalized spacial score (nSPS) is 21.5. The Balaban J connectivity index is 1.75. The Labute approximate surface area is 142 Å². The number of oxazole rings is 1. The number of piperidine rings is 1. The summed E-state index contributed by atoms with van der Waals surface area (Å²) >= 11 is 5.95. The first-order chi connectivity index (χ1) is 10.8. The first kappa shape index (κ1) is 16.5. The lowest BCUT2D eigenvalue weighted by atomic mass is 9.80. The maximum Gasteiger partial charge on any atom is 0.209 e. The molecule has 2 heterocycles. The molecule has 3 rings (SSSR count). The molecule has 2 N–H and O–H groups in total. The van der Waals surface area contributed by atoms with Crippen LogP contribution in [0.1, 0.15) is 31.9 Å². The Hall–Kier alpha value is -1.36. The van der Waals surface area contributed by atoms with Crippen LogP contribution < -0.4 is 5.73 Å². The van der Waals surface area contributed by atoms with Gasteiger partial charge in [-0.1, -0.05) is 25.4 Å². The SMILES string of the molecule is Cc1nc(CN2CCC(N)C(C)(C)C2)oc1-c1ccc(Cl)cc1. The van der Waals surface area contributed by atoms with Crippen LogP contribution in [0.2, 0.25) is 5.02 Å². The summed E-state index contributed by atoms with van der Waals surface area (Å²) < 4.78 is 6.01. The lowest BCUT2D eigenvalue weighted by Crippen LogP contribution is -2.52. The minimum atomic E-state index is 0.124. The fourth-order valence-electron chi connectivity index (χ4n) is 3.20. The summed E-state index contributed by atoms with van der Waals surface area (Å²) in [5.41, 5.74) is 8.25. The van der Waals surface area contributed by atoms with Crippen molar-refractivity contribution in [2.24, 2.45) is 11.1 Å². The second kappa shape index (κ2) is 6.27. The summed E-state index contributed by atoms with van der Waals surface area (Å²) in [6.45, 7) is 9.11. The molecule has 0 radical (unpaired) electrons. The number of hydrogen-bond donors (Lipinski definition) is 1. The average molecular weight is 334 g/mol. The van der Waals surface area contributed by atoms with Crippen LogP contribution in [0, 0.1) is 12.3 Å². The number of hydrogen-bond acceptors (Lipinski definition) is 4. The molecule has 0 aliphatic carbocycles. The highest BCUT2D eigenvalue weighted by Gasteiger charge is 2.33. The van der Waals surface area contributed by atoms with Crippen LogP contribution in [0.5, 0.6) is 0 Å². The fraction of sp³-hybridized carbons (Fsp3) is 0.500. The van der Waals surface area contributed by atoms with Gasteiger partial charge in [0, 0.05) is 29.7 Å². The summed E-state index contributed by atoms with van der Waals surface area (Å²) in [6, 6.07) is 7.92. The van der Waals surface area contributed by atoms with E-state index in [9.17, 15) is 0 Å². The highest BCUT2D eigenvalue weighted by Crippen LogP contribution is 2.30. The number of nitrogens with two attached hydrogens (primary N) is 1. The molecule has 2 aromatic rings. The van der Waals surface area contributed by atoms with Gasteiger partial charge in [-0.25, -0.2) is 4.98 Å². The van der Waals surface area contributed by atoms with Crippen molar-refractivity contribution in [1.82, 2.24) is 9.88 Å². The number of nitrogens with zero attached hydrogens (tertiary/aromatic N) is 2. The van der Waals surface area contributed by atoms with Gasteiger partial charge in [0.2, 0.25) is 5.89 Å². The van der Waals surface area contributed by atoms with Crippen LogP contribution in [0.15, 0.2) is 28.7 Å². The van der Waals surface area contributed by atoms with Crippen LogP contribution in [0.4, 0.5) is 0 Å². The van der Waals surface area contributed by atoms with Gasteiger partial charge in [0.25, 0.3) is 0 Å². The zero-order valence-electron chi connectivity index (χ0n) is 14.0. The number of rotatable bonds is 3. The Morgan fingerprint density at radius 3 is 2.70 bits per heavy atom. The van der Waals surface area contributed by atoms with E-state index in [0.29, 0.717) is 0 Å². The lowest BCUT2D eigenvalue weighted by molar-refractivity contribution is 0.0832. The van der Waals surface area contributed by atoms with E-state index < -0.39 is 0 Å². The predicted molar refractivity (Wildman–Crippen MR) is 93.3 cm³/mol. The Morgan fingerprint density at radius 1 is 1.35 bits per heavy atom. The quantitative estimate of drug-likeness (QED) is 0.926. The van der Waals surface area contributed by atoms with Crippen molar-refractivity contribution in [3.8, 4) is 11.3 Å². The second-order valence-electron chi connectivity index (χ2n) is 7.12. The van der Waals surface area contributed by atoms with Crippen molar-refractivity contribution in [2.45, 2.75) is 39.8 Å². The molecule has 1 aromatic carbocycles. The number of aryl methyl sites for hydroxylation is 1. The molecule has 0 bridgehead atoms. The van der Waals surface area contributed by atoms with E-state index >= 15 is 0 Å². The van der Waals surface area contributed by atoms with E-state index in [2.05, 4.69) is 23.7 Å². The molecule has 1 saturated heterocycles. The maximum atomic E-state index is 6.21. The van der Waals surface area contributed by atoms with Gasteiger partial charge in [-0.3, -0.25) is 4.90 Å². The van der Waals surface area contributed by atoms with Crippen LogP contribution in [0.25, 0.3) is 11.3 Å². The molecular formula is C18H24ClN3O. The van der Waals surface area contributed by atoms with Gasteiger partial charge in [0.15, 0.2) is 5.76 Å². The van der Waals surface area contributed by atoms with E-state index in [1.54, 1.807) is 0 Å². The number of benzene rings is 1. The maximum absolute atomic E-state index is 6.21. The molecule has 1 fully saturated rings. The highest BCUT2D eigenvalue weighted by atomic mass is 35.5. The Morgan fingerprint density at radius 2 is 2.04 bits per heavy atom. The monoisotopic (exact) mass is 333 g/mol. The third-order valence-corrected chi connectivity index (χ3v) is 4.95. The molecule has 23 heavy (non-hydrogen) atoms. The molecule has 1 atom stereocenters. The Kier molecular flexibility index (Phi) is 4.50. The first-order valence-corrected chi connectivity index (χ1v) is 8.43. The standard InChI is InChI=1S/C18H24ClN3O/c1-12-17(13-4-6-14(19)7-5-13)23-16(21-12)10-22-9-8-15(20)18(2,3)11-22/h4-7,15H,8-11,20H2,1-3H3. The Bertz CT molecular complexity index is 678. The molecular weight excluding hydrogens is 310 g/mol. The smallest absolute Gasteiger partial charge is 0.209 e. The molecule has 124 valence electrons. The summed E-state index contributed by atoms with van der Waals surface area (Å²) in [5, 5.41) is 0.720. The zero-order chi connectivity index (χ0) is 16.6. The number of aromatic nitrogens is 1. The topological polar surface area (TPSA) is 55.3 Å². The third kappa shape index (κ3) is 3.60. The molecule has 4 nitrogen and oxygen atoms in total. The van der Waals surface area contributed by atoms with Gasteiger partial charge in [-0.15, -0.1) is 0 Å². The fourth-order valence-corrected chi connectivity index (χ4v) is 3.33. The molecule has 1 unspecified atom stereocenters. The van der Waals surface area contributed by atoms with Gasteiger partial charge in [-0.2, -0.15) is 0 Å². The third-order valence-electron chi connectivity index (χ3n) is 4.70. The molecule has 1 aliphatic rings. The summed E-state index contributed by atoms with van der Waals surface area (Å²) in [7, 11) is 0. The van der Waals surface area contributed by atoms with Crippen LogP contribution in [0.3, 0.4) is 0 Å². The van der Waals surface area contributed by atoms with Gasteiger partial charge in [-0.05, 0) is 43.0 Å². The molecule has 0 spiro atoms. The summed E-state index contributed by atoms with van der Waals surface area (Å²) in [4.78, 5) is 6.97. The summed E-state index contributed by atoms with van der Waals surface area (Å²) in [5.74, 6) is 1.59. The largest absolute Gasteiger partial charge is 0.439 e. The summed E-state index contributed by atoms with van der Waals surface area (Å²) in [6.07, 6.45) is 1.01. The van der Waals surface area contributed by atoms with E-state index in [1.807, 2.05) is 31.2 Å². The van der Waals surface area contributed by atoms with Crippen molar-refractivity contribution in [3.63, 3.8) is 0 Å². The predicted octanol–water partition coefficient (Wildman–Crippen LogP) is 3.86. The van der Waals surface area contributed by atoms with E-state index in [-0.39, 0.29) is 11.5 Å². The van der Waals surface area contributed by atoms with Crippen molar-refractivity contribution < 1.29 is 4.42 Å². The minimum absolute atomic E-state index is 0.124. The van der Waals surface area contributed by atoms with Gasteiger partial charge in [0.05, 0.1) is 12.2 Å². The first-order valence-electron chi connectivity index (χ1n) is 8.05. The molecule has 1 aromatic heterocycles. The molecule has 1 aliphatic heterocycles. The van der Waals surface area contributed by atoms with Crippen molar-refractivity contribution in [1.29, 1.82) is 0 Å². The van der Waals surface area contributed by atoms with E-state index in [0.717, 1.165) is 54.0 Å². The molecule has 0 amide bonds. The lowest BCUT2D eigenvalue weighted by Gasteiger charge is -2.42. The van der Waals surface area contributed by atoms with E-state index in [1.165, 1.54) is 0 Å². The molecule has 5 heteroatoms. The van der Waals surface area contributed by atoms with Crippen LogP contribution in [-0.4, -0.2) is 29.0 Å². The van der Waals surface area contributed by atoms with E-state index in [4.69, 9.17) is 21.8 Å². The van der Waals surface area contributed by atoms with Gasteiger partial charge < -0.3 is 10.2 Å². The molecule has 0 saturated carbocycles. The van der Waals surface area contributed by atoms with Crippen LogP contribution in [-0.2, 0) is 6.54 Å². The van der Waals surface area contributed by atoms with Crippen molar-refractivity contribution in [2.75, 3.05) is 13.1 Å². The number of likely N-dealkylation sites (tertiary alicyclic amines) is 1. The zero-order valence-corrected chi connectivity index (χ0v) is 14.7. The minimum Gasteiger partial charge on any atom is -0.439 e. The highest BCUT2D eigenvalue weighted by molar-refractivity contribution is 6.30. The van der Waals surface area contributed by atoms with Crippen LogP contribution >= 0.6 is 11.6 Å². The van der Waals surface area contributed by atoms with Gasteiger partial charge >= 0.3 is 0 Å².